The summed E-state index contributed by atoms with van der Waals surface area (Å²) < 4.78 is 5.24. The summed E-state index contributed by atoms with van der Waals surface area (Å²) in [4.78, 5) is 13.8. The second-order valence-electron chi connectivity index (χ2n) is 5.02. The van der Waals surface area contributed by atoms with Crippen molar-refractivity contribution in [2.24, 2.45) is 5.73 Å². The maximum atomic E-state index is 11.8. The average molecular weight is 352 g/mol. The Balaban J connectivity index is 0. The lowest BCUT2D eigenvalue weighted by Gasteiger charge is -2.26. The minimum Gasteiger partial charge on any atom is -0.497 e. The van der Waals surface area contributed by atoms with Crippen molar-refractivity contribution < 1.29 is 9.53 Å². The average Bonchev–Trinajstić information content (AvgIpc) is 2.46. The van der Waals surface area contributed by atoms with Crippen molar-refractivity contribution in [3.63, 3.8) is 0 Å². The van der Waals surface area contributed by atoms with Crippen LogP contribution in [0, 0.1) is 0 Å². The molecular weight excluding hydrogens is 325 g/mol. The predicted molar refractivity (Wildman–Crippen MR) is 95.2 cm³/mol. The molecule has 0 spiro atoms. The summed E-state index contributed by atoms with van der Waals surface area (Å²) >= 11 is 0. The van der Waals surface area contributed by atoms with E-state index in [9.17, 15) is 4.79 Å². The molecule has 0 aliphatic heterocycles. The van der Waals surface area contributed by atoms with E-state index >= 15 is 0 Å². The molecule has 0 bridgehead atoms. The van der Waals surface area contributed by atoms with Crippen molar-refractivity contribution >= 4 is 30.7 Å². The Hall–Kier alpha value is -1.01. The van der Waals surface area contributed by atoms with Crippen LogP contribution < -0.4 is 15.8 Å². The largest absolute Gasteiger partial charge is 0.497 e. The first-order chi connectivity index (χ1) is 9.49. The lowest BCUT2D eigenvalue weighted by Crippen LogP contribution is -2.43. The van der Waals surface area contributed by atoms with Crippen LogP contribution in [0.5, 0.6) is 5.75 Å². The minimum absolute atomic E-state index is 0. The molecule has 1 amide bonds. The number of nitrogens with one attached hydrogen (secondary N) is 1. The number of likely N-dealkylation sites (N-methyl/N-ethyl adjacent to an activating group) is 1. The van der Waals surface area contributed by atoms with Crippen LogP contribution in [0.25, 0.3) is 0 Å². The molecule has 0 aliphatic rings. The molecule has 0 aromatic heterocycles. The molecule has 22 heavy (non-hydrogen) atoms. The summed E-state index contributed by atoms with van der Waals surface area (Å²) in [5, 5.41) is 2.90. The maximum Gasteiger partial charge on any atom is 0.236 e. The number of rotatable bonds is 7. The molecule has 3 N–H and O–H groups in total. The van der Waals surface area contributed by atoms with E-state index in [0.717, 1.165) is 11.3 Å². The van der Waals surface area contributed by atoms with Crippen LogP contribution in [0.1, 0.15) is 24.9 Å². The van der Waals surface area contributed by atoms with Crippen LogP contribution in [-0.2, 0) is 4.79 Å². The van der Waals surface area contributed by atoms with E-state index in [1.165, 1.54) is 0 Å². The van der Waals surface area contributed by atoms with Gasteiger partial charge >= 0.3 is 0 Å². The molecule has 0 aliphatic carbocycles. The zero-order valence-corrected chi connectivity index (χ0v) is 15.2. The van der Waals surface area contributed by atoms with Crippen molar-refractivity contribution in [3.8, 4) is 5.75 Å². The lowest BCUT2D eigenvalue weighted by atomic mass is 10.1. The van der Waals surface area contributed by atoms with Crippen LogP contribution in [0.3, 0.4) is 0 Å². The standard InChI is InChI=1S/C15H25N3O2.2ClH/c1-5-13(16)15(19)17-10-14(18(2)3)11-7-6-8-12(9-11)20-4;;/h6-9,13-14H,5,10,16H2,1-4H3,(H,17,19);2*1H/t13-,14?;;/m0../s1. The first-order valence-electron chi connectivity index (χ1n) is 6.83. The van der Waals surface area contributed by atoms with Gasteiger partial charge in [-0.05, 0) is 38.2 Å². The Morgan fingerprint density at radius 1 is 1.36 bits per heavy atom. The predicted octanol–water partition coefficient (Wildman–Crippen LogP) is 2.00. The highest BCUT2D eigenvalue weighted by molar-refractivity contribution is 5.85. The zero-order valence-electron chi connectivity index (χ0n) is 13.5. The molecule has 1 aromatic carbocycles. The van der Waals surface area contributed by atoms with E-state index < -0.39 is 6.04 Å². The SMILES string of the molecule is CC[C@H](N)C(=O)NCC(c1cccc(OC)c1)N(C)C.Cl.Cl. The molecule has 0 radical (unpaired) electrons. The Bertz CT molecular complexity index is 445. The Morgan fingerprint density at radius 3 is 2.50 bits per heavy atom. The first kappa shape index (κ1) is 23.3. The highest BCUT2D eigenvalue weighted by Gasteiger charge is 2.17. The third-order valence-electron chi connectivity index (χ3n) is 3.35. The topological polar surface area (TPSA) is 67.6 Å². The summed E-state index contributed by atoms with van der Waals surface area (Å²) in [5.41, 5.74) is 6.81. The number of hydrogen-bond donors (Lipinski definition) is 2. The first-order valence-corrected chi connectivity index (χ1v) is 6.83. The molecule has 5 nitrogen and oxygen atoms in total. The van der Waals surface area contributed by atoms with Gasteiger partial charge in [0.05, 0.1) is 19.2 Å². The Labute approximate surface area is 145 Å². The number of ether oxygens (including phenoxy) is 1. The molecule has 2 atom stereocenters. The summed E-state index contributed by atoms with van der Waals surface area (Å²) in [6.07, 6.45) is 0.637. The molecule has 0 heterocycles. The van der Waals surface area contributed by atoms with E-state index in [-0.39, 0.29) is 36.8 Å². The van der Waals surface area contributed by atoms with Crippen molar-refractivity contribution in [1.29, 1.82) is 0 Å². The van der Waals surface area contributed by atoms with Gasteiger partial charge in [0.1, 0.15) is 5.75 Å². The van der Waals surface area contributed by atoms with Gasteiger partial charge in [-0.15, -0.1) is 24.8 Å². The Kier molecular flexibility index (Phi) is 12.2. The third-order valence-corrected chi connectivity index (χ3v) is 3.35. The second-order valence-corrected chi connectivity index (χ2v) is 5.02. The number of hydrogen-bond acceptors (Lipinski definition) is 4. The molecule has 0 saturated heterocycles. The fourth-order valence-corrected chi connectivity index (χ4v) is 1.96. The van der Waals surface area contributed by atoms with Crippen LogP contribution >= 0.6 is 24.8 Å². The number of nitrogens with two attached hydrogens (primary N) is 1. The fourth-order valence-electron chi connectivity index (χ4n) is 1.96. The van der Waals surface area contributed by atoms with Gasteiger partial charge in [-0.1, -0.05) is 19.1 Å². The Morgan fingerprint density at radius 2 is 2.00 bits per heavy atom. The normalized spacial score (nSPS) is 12.6. The van der Waals surface area contributed by atoms with Crippen LogP contribution in [-0.4, -0.2) is 44.6 Å². The van der Waals surface area contributed by atoms with Crippen molar-refractivity contribution in [1.82, 2.24) is 10.2 Å². The quantitative estimate of drug-likeness (QED) is 0.788. The monoisotopic (exact) mass is 351 g/mol. The van der Waals surface area contributed by atoms with Gasteiger partial charge in [0.15, 0.2) is 0 Å². The number of carbonyl (C=O) groups excluding carboxylic acids is 1. The van der Waals surface area contributed by atoms with Crippen LogP contribution in [0.4, 0.5) is 0 Å². The van der Waals surface area contributed by atoms with Gasteiger partial charge in [-0.3, -0.25) is 4.79 Å². The molecule has 128 valence electrons. The molecule has 1 rings (SSSR count). The molecule has 7 heteroatoms. The summed E-state index contributed by atoms with van der Waals surface area (Å²) in [6.45, 7) is 2.42. The highest BCUT2D eigenvalue weighted by atomic mass is 35.5. The van der Waals surface area contributed by atoms with E-state index in [2.05, 4.69) is 10.2 Å². The van der Waals surface area contributed by atoms with E-state index in [0.29, 0.717) is 13.0 Å². The number of carbonyl (C=O) groups is 1. The zero-order chi connectivity index (χ0) is 15.1. The smallest absolute Gasteiger partial charge is 0.236 e. The van der Waals surface area contributed by atoms with E-state index in [4.69, 9.17) is 10.5 Å². The van der Waals surface area contributed by atoms with E-state index in [1.807, 2.05) is 45.3 Å². The number of amides is 1. The van der Waals surface area contributed by atoms with Crippen LogP contribution in [0.2, 0.25) is 0 Å². The lowest BCUT2D eigenvalue weighted by molar-refractivity contribution is -0.122. The second kappa shape index (κ2) is 11.5. The van der Waals surface area contributed by atoms with E-state index in [1.54, 1.807) is 7.11 Å². The van der Waals surface area contributed by atoms with Crippen molar-refractivity contribution in [2.45, 2.75) is 25.4 Å². The maximum absolute atomic E-state index is 11.8. The number of methoxy groups -OCH3 is 1. The van der Waals surface area contributed by atoms with Gasteiger partial charge < -0.3 is 20.7 Å². The van der Waals surface area contributed by atoms with Gasteiger partial charge in [0.25, 0.3) is 0 Å². The van der Waals surface area contributed by atoms with Gasteiger partial charge in [-0.25, -0.2) is 0 Å². The summed E-state index contributed by atoms with van der Waals surface area (Å²) in [5.74, 6) is 0.702. The molecule has 1 unspecified atom stereocenters. The summed E-state index contributed by atoms with van der Waals surface area (Å²) in [7, 11) is 5.61. The van der Waals surface area contributed by atoms with Crippen molar-refractivity contribution in [3.05, 3.63) is 29.8 Å². The van der Waals surface area contributed by atoms with Gasteiger partial charge in [-0.2, -0.15) is 0 Å². The summed E-state index contributed by atoms with van der Waals surface area (Å²) in [6, 6.07) is 7.50. The minimum atomic E-state index is -0.442. The number of benzene rings is 1. The fraction of sp³-hybridized carbons (Fsp3) is 0.533. The van der Waals surface area contributed by atoms with Crippen molar-refractivity contribution in [2.75, 3.05) is 27.7 Å². The van der Waals surface area contributed by atoms with Gasteiger partial charge in [0, 0.05) is 6.54 Å². The number of nitrogens with zero attached hydrogens (tertiary/aromatic N) is 1. The highest BCUT2D eigenvalue weighted by Crippen LogP contribution is 2.22. The third kappa shape index (κ3) is 6.83. The molecule has 0 saturated carbocycles. The molecular formula is C15H27Cl2N3O2. The molecule has 0 fully saturated rings. The molecule has 1 aromatic rings. The number of halogens is 2. The van der Waals surface area contributed by atoms with Gasteiger partial charge in [0.2, 0.25) is 5.91 Å². The van der Waals surface area contributed by atoms with Crippen LogP contribution in [0.15, 0.2) is 24.3 Å².